The zero-order valence-corrected chi connectivity index (χ0v) is 20.7. The molecule has 1 aromatic heterocycles. The third-order valence-electron chi connectivity index (χ3n) is 6.49. The van der Waals surface area contributed by atoms with Gasteiger partial charge in [0.25, 0.3) is 5.56 Å². The summed E-state index contributed by atoms with van der Waals surface area (Å²) in [6.45, 7) is -0.800. The number of nitrogens with one attached hydrogen (secondary N) is 1. The van der Waals surface area contributed by atoms with Crippen molar-refractivity contribution in [3.63, 3.8) is 0 Å². The van der Waals surface area contributed by atoms with E-state index in [9.17, 15) is 40.5 Å². The van der Waals surface area contributed by atoms with E-state index in [1.807, 2.05) is 0 Å². The number of rotatable bonds is 8. The molecule has 2 aliphatic rings. The summed E-state index contributed by atoms with van der Waals surface area (Å²) >= 11 is 0. The third-order valence-corrected chi connectivity index (χ3v) is 6.94. The van der Waals surface area contributed by atoms with E-state index in [1.54, 1.807) is 0 Å². The minimum atomic E-state index is -4.93. The molecule has 2 saturated carbocycles. The fourth-order valence-electron chi connectivity index (χ4n) is 4.69. The minimum absolute atomic E-state index is 0.0426. The molecule has 2 fully saturated rings. The predicted octanol–water partition coefficient (Wildman–Crippen LogP) is 4.07. The number of phosphoric ester groups is 1. The van der Waals surface area contributed by atoms with Gasteiger partial charge in [-0.1, -0.05) is 12.8 Å². The van der Waals surface area contributed by atoms with Crippen molar-refractivity contribution in [2.75, 3.05) is 5.32 Å². The molecular weight excluding hydrogens is 553 g/mol. The number of anilines is 1. The quantitative estimate of drug-likeness (QED) is 0.310. The van der Waals surface area contributed by atoms with Crippen molar-refractivity contribution in [2.24, 2.45) is 11.8 Å². The van der Waals surface area contributed by atoms with Gasteiger partial charge in [0.2, 0.25) is 5.91 Å². The molecule has 38 heavy (non-hydrogen) atoms. The maximum Gasteiger partial charge on any atom is 0.522 e. The van der Waals surface area contributed by atoms with Crippen LogP contribution in [0.25, 0.3) is 0 Å². The van der Waals surface area contributed by atoms with Gasteiger partial charge in [-0.2, -0.15) is 13.2 Å². The highest BCUT2D eigenvalue weighted by atomic mass is 31.2. The van der Waals surface area contributed by atoms with E-state index in [-0.39, 0.29) is 31.4 Å². The molecule has 5 unspecified atom stereocenters. The number of halogens is 6. The van der Waals surface area contributed by atoms with Crippen molar-refractivity contribution >= 4 is 19.4 Å². The maximum atomic E-state index is 13.5. The Morgan fingerprint density at radius 1 is 1.05 bits per heavy atom. The molecule has 5 atom stereocenters. The third kappa shape index (κ3) is 9.06. The number of alkyl halides is 6. The van der Waals surface area contributed by atoms with Gasteiger partial charge >= 0.3 is 20.4 Å². The van der Waals surface area contributed by atoms with Crippen molar-refractivity contribution in [1.82, 2.24) is 4.57 Å². The van der Waals surface area contributed by atoms with Gasteiger partial charge in [-0.05, 0) is 38.2 Å². The molecule has 0 aliphatic heterocycles. The summed E-state index contributed by atoms with van der Waals surface area (Å²) in [5.74, 6) is -4.13. The highest BCUT2D eigenvalue weighted by molar-refractivity contribution is 7.46. The molecule has 1 heterocycles. The second-order valence-electron chi connectivity index (χ2n) is 9.22. The van der Waals surface area contributed by atoms with Crippen LogP contribution in [0, 0.1) is 11.8 Å². The normalized spacial score (nSPS) is 27.2. The highest BCUT2D eigenvalue weighted by Gasteiger charge is 2.48. The molecule has 0 bridgehead atoms. The molecule has 10 nitrogen and oxygen atoms in total. The first-order valence-corrected chi connectivity index (χ1v) is 13.2. The largest absolute Gasteiger partial charge is 0.522 e. The van der Waals surface area contributed by atoms with E-state index < -0.39 is 75.1 Å². The van der Waals surface area contributed by atoms with E-state index >= 15 is 0 Å². The van der Waals surface area contributed by atoms with E-state index in [4.69, 9.17) is 14.5 Å². The van der Waals surface area contributed by atoms with Crippen LogP contribution in [0.5, 0.6) is 0 Å². The Labute approximate surface area is 212 Å². The first kappa shape index (κ1) is 30.6. The van der Waals surface area contributed by atoms with E-state index in [0.29, 0.717) is 12.8 Å². The molecule has 0 radical (unpaired) electrons. The number of hydrogen-bond donors (Lipinski definition) is 3. The number of phosphoric acid groups is 1. The number of ether oxygens (including phenoxy) is 2. The lowest BCUT2D eigenvalue weighted by molar-refractivity contribution is -0.357. The van der Waals surface area contributed by atoms with Crippen LogP contribution in [-0.2, 0) is 30.1 Å². The van der Waals surface area contributed by atoms with Gasteiger partial charge in [-0.25, -0.2) is 4.57 Å². The number of carbonyl (C=O) groups is 1. The summed E-state index contributed by atoms with van der Waals surface area (Å²) in [7, 11) is -4.87. The molecule has 17 heteroatoms. The molecule has 0 spiro atoms. The summed E-state index contributed by atoms with van der Waals surface area (Å²) in [5.41, 5.74) is -0.952. The van der Waals surface area contributed by atoms with E-state index in [2.05, 4.69) is 14.6 Å². The van der Waals surface area contributed by atoms with Gasteiger partial charge in [0.05, 0.1) is 30.1 Å². The highest BCUT2D eigenvalue weighted by Crippen LogP contribution is 2.43. The summed E-state index contributed by atoms with van der Waals surface area (Å²) in [5, 5.41) is 2.34. The van der Waals surface area contributed by atoms with Crippen LogP contribution in [0.3, 0.4) is 0 Å². The SMILES string of the molecule is O=C(Nc1ccn(COP(=O)(O)O)c(=O)c1)C1CC(C(F)(F)F)CCC1OC1CCCCC1OC(F)(F)F. The Bertz CT molecular complexity index is 1080. The molecule has 3 N–H and O–H groups in total. The van der Waals surface area contributed by atoms with Crippen LogP contribution < -0.4 is 10.9 Å². The lowest BCUT2D eigenvalue weighted by atomic mass is 9.78. The number of aromatic nitrogens is 1. The number of carbonyl (C=O) groups excluding carboxylic acids is 1. The number of nitrogens with zero attached hydrogens (tertiary/aromatic N) is 1. The van der Waals surface area contributed by atoms with Gasteiger partial charge in [-0.15, -0.1) is 13.2 Å². The van der Waals surface area contributed by atoms with Crippen molar-refractivity contribution in [3.05, 3.63) is 28.7 Å². The second kappa shape index (κ2) is 12.0. The fraction of sp³-hybridized carbons (Fsp3) is 0.714. The lowest BCUT2D eigenvalue weighted by Crippen LogP contribution is -2.47. The average molecular weight is 580 g/mol. The first-order valence-electron chi connectivity index (χ1n) is 11.7. The van der Waals surface area contributed by atoms with Gasteiger partial charge in [0, 0.05) is 18.0 Å². The Balaban J connectivity index is 1.76. The maximum absolute atomic E-state index is 13.5. The van der Waals surface area contributed by atoms with Gasteiger partial charge in [-0.3, -0.25) is 23.4 Å². The summed E-state index contributed by atoms with van der Waals surface area (Å²) in [6, 6.07) is 2.03. The number of amides is 1. The topological polar surface area (TPSA) is 136 Å². The molecule has 216 valence electrons. The smallest absolute Gasteiger partial charge is 0.371 e. The van der Waals surface area contributed by atoms with Crippen LogP contribution in [0.1, 0.15) is 44.9 Å². The monoisotopic (exact) mass is 580 g/mol. The molecular formula is C21H27F6N2O8P. The fourth-order valence-corrected chi connectivity index (χ4v) is 4.97. The molecule has 1 aromatic rings. The minimum Gasteiger partial charge on any atom is -0.371 e. The van der Waals surface area contributed by atoms with E-state index in [0.717, 1.165) is 22.9 Å². The standard InChI is InChI=1S/C21H27F6N2O8P/c22-20(23,24)12-5-6-15(36-16-3-1-2-4-17(16)37-21(25,26)27)14(9-12)19(31)28-13-7-8-29(18(30)10-13)11-35-38(32,33)34/h7-8,10,12,14-17H,1-6,9,11H2,(H,28,31)(H2,32,33,34). The van der Waals surface area contributed by atoms with Crippen LogP contribution >= 0.6 is 7.82 Å². The van der Waals surface area contributed by atoms with E-state index in [1.165, 1.54) is 0 Å². The number of pyridine rings is 1. The number of hydrogen-bond acceptors (Lipinski definition) is 6. The molecule has 0 saturated heterocycles. The van der Waals surface area contributed by atoms with Crippen LogP contribution in [0.4, 0.5) is 32.0 Å². The lowest BCUT2D eigenvalue weighted by Gasteiger charge is -2.40. The van der Waals surface area contributed by atoms with Gasteiger partial charge in [0.1, 0.15) is 6.73 Å². The molecule has 2 aliphatic carbocycles. The van der Waals surface area contributed by atoms with Crippen LogP contribution in [0.2, 0.25) is 0 Å². The first-order chi connectivity index (χ1) is 17.5. The Kier molecular flexibility index (Phi) is 9.69. The predicted molar refractivity (Wildman–Crippen MR) is 117 cm³/mol. The summed E-state index contributed by atoms with van der Waals surface area (Å²) < 4.78 is 105. The van der Waals surface area contributed by atoms with Crippen molar-refractivity contribution in [3.8, 4) is 0 Å². The zero-order valence-electron chi connectivity index (χ0n) is 19.8. The molecule has 3 rings (SSSR count). The van der Waals surface area contributed by atoms with Crippen molar-refractivity contribution < 1.29 is 59.5 Å². The van der Waals surface area contributed by atoms with Crippen molar-refractivity contribution in [2.45, 2.75) is 82.5 Å². The second-order valence-corrected chi connectivity index (χ2v) is 10.5. The average Bonchev–Trinajstić information content (AvgIpc) is 2.77. The van der Waals surface area contributed by atoms with Crippen LogP contribution in [0.15, 0.2) is 23.1 Å². The van der Waals surface area contributed by atoms with Crippen LogP contribution in [-0.4, -0.2) is 51.1 Å². The summed E-state index contributed by atoms with van der Waals surface area (Å²) in [6.07, 6.45) is -12.1. The van der Waals surface area contributed by atoms with Crippen molar-refractivity contribution in [1.29, 1.82) is 0 Å². The molecule has 1 amide bonds. The summed E-state index contributed by atoms with van der Waals surface area (Å²) in [4.78, 5) is 42.7. The molecule has 0 aromatic carbocycles. The van der Waals surface area contributed by atoms with Gasteiger partial charge in [0.15, 0.2) is 0 Å². The van der Waals surface area contributed by atoms with Gasteiger partial charge < -0.3 is 19.8 Å². The Morgan fingerprint density at radius 2 is 1.71 bits per heavy atom. The Morgan fingerprint density at radius 3 is 2.29 bits per heavy atom. The zero-order chi connectivity index (χ0) is 28.3. The Hall–Kier alpha value is -1.97.